The molecule has 0 fully saturated rings. The van der Waals surface area contributed by atoms with Gasteiger partial charge >= 0.3 is 0 Å². The lowest BCUT2D eigenvalue weighted by atomic mass is 9.82. The van der Waals surface area contributed by atoms with E-state index in [-0.39, 0.29) is 31.0 Å². The van der Waals surface area contributed by atoms with E-state index in [2.05, 4.69) is 21.2 Å². The normalized spacial score (nSPS) is 17.8. The summed E-state index contributed by atoms with van der Waals surface area (Å²) in [5.74, 6) is -0.972. The lowest BCUT2D eigenvalue weighted by Crippen LogP contribution is -2.49. The van der Waals surface area contributed by atoms with E-state index in [9.17, 15) is 13.6 Å². The van der Waals surface area contributed by atoms with Crippen molar-refractivity contribution in [3.05, 3.63) is 135 Å². The Kier molecular flexibility index (Phi) is 9.29. The Hall–Kier alpha value is -4.08. The van der Waals surface area contributed by atoms with E-state index in [0.29, 0.717) is 24.3 Å². The van der Waals surface area contributed by atoms with Crippen molar-refractivity contribution in [2.75, 3.05) is 13.2 Å². The zero-order valence-electron chi connectivity index (χ0n) is 22.6. The molecule has 0 spiro atoms. The van der Waals surface area contributed by atoms with E-state index < -0.39 is 29.2 Å². The van der Waals surface area contributed by atoms with E-state index in [1.54, 1.807) is 24.3 Å². The number of nitrogens with one attached hydrogen (secondary N) is 1. The van der Waals surface area contributed by atoms with Gasteiger partial charge in [-0.1, -0.05) is 58.4 Å². The van der Waals surface area contributed by atoms with Crippen molar-refractivity contribution in [3.8, 4) is 5.75 Å². The van der Waals surface area contributed by atoms with Gasteiger partial charge in [0.2, 0.25) is 5.90 Å². The predicted octanol–water partition coefficient (Wildman–Crippen LogP) is 6.30. The van der Waals surface area contributed by atoms with Gasteiger partial charge in [0.1, 0.15) is 17.4 Å². The molecule has 0 aliphatic carbocycles. The summed E-state index contributed by atoms with van der Waals surface area (Å²) in [5.41, 5.74) is 1.11. The number of amides is 1. The second-order valence-electron chi connectivity index (χ2n) is 9.96. The molecule has 2 N–H and O–H groups in total. The van der Waals surface area contributed by atoms with Crippen LogP contribution in [0, 0.1) is 11.6 Å². The van der Waals surface area contributed by atoms with Crippen LogP contribution in [0.25, 0.3) is 0 Å². The van der Waals surface area contributed by atoms with Crippen LogP contribution in [0.5, 0.6) is 5.75 Å². The molecule has 2 atom stereocenters. The first-order valence-electron chi connectivity index (χ1n) is 13.5. The minimum atomic E-state index is -1.44. The summed E-state index contributed by atoms with van der Waals surface area (Å²) in [6.07, 6.45) is -0.0687. The van der Waals surface area contributed by atoms with Gasteiger partial charge < -0.3 is 19.9 Å². The molecule has 4 aromatic carbocycles. The molecule has 1 aliphatic rings. The van der Waals surface area contributed by atoms with Crippen molar-refractivity contribution in [3.63, 3.8) is 0 Å². The molecule has 0 aromatic heterocycles. The van der Waals surface area contributed by atoms with Gasteiger partial charge in [-0.05, 0) is 65.2 Å². The van der Waals surface area contributed by atoms with Crippen LogP contribution in [0.1, 0.15) is 34.8 Å². The molecule has 0 radical (unpaired) electrons. The van der Waals surface area contributed by atoms with Crippen molar-refractivity contribution in [2.45, 2.75) is 31.0 Å². The van der Waals surface area contributed by atoms with Crippen LogP contribution in [0.2, 0.25) is 0 Å². The molecule has 4 aromatic rings. The number of rotatable bonds is 11. The second kappa shape index (κ2) is 13.3. The van der Waals surface area contributed by atoms with Gasteiger partial charge in [-0.3, -0.25) is 4.79 Å². The van der Waals surface area contributed by atoms with Crippen molar-refractivity contribution in [2.24, 2.45) is 4.99 Å². The quantitative estimate of drug-likeness (QED) is 0.190. The number of ether oxygens (including phenoxy) is 2. The fraction of sp³-hybridized carbons (Fsp3) is 0.212. The number of carbonyl (C=O) groups excluding carboxylic acids is 1. The topological polar surface area (TPSA) is 80.2 Å². The van der Waals surface area contributed by atoms with E-state index in [0.717, 1.165) is 21.7 Å². The van der Waals surface area contributed by atoms with Crippen LogP contribution in [0.15, 0.2) is 107 Å². The molecule has 9 heteroatoms. The highest BCUT2D eigenvalue weighted by Crippen LogP contribution is 2.43. The third-order valence-electron chi connectivity index (χ3n) is 6.89. The van der Waals surface area contributed by atoms with Crippen molar-refractivity contribution < 1.29 is 28.2 Å². The second-order valence-corrected chi connectivity index (χ2v) is 10.9. The van der Waals surface area contributed by atoms with Crippen LogP contribution in [-0.2, 0) is 22.5 Å². The zero-order chi connectivity index (χ0) is 29.5. The largest absolute Gasteiger partial charge is 0.494 e. The number of aliphatic hydroxyl groups excluding tert-OH is 1. The van der Waals surface area contributed by atoms with Gasteiger partial charge in [-0.25, -0.2) is 13.8 Å². The molecular weight excluding hydrogens is 606 g/mol. The number of carbonyl (C=O) groups is 1. The summed E-state index contributed by atoms with van der Waals surface area (Å²) in [7, 11) is 0. The summed E-state index contributed by atoms with van der Waals surface area (Å²) in [5, 5.41) is 11.9. The summed E-state index contributed by atoms with van der Waals surface area (Å²) < 4.78 is 40.7. The SMILES string of the molecule is O=C(NCc1cc(F)cc(F)c1)[C@]1(Cc2ccccc2)N=C(c2ccc(OCCCO)cc2)O[C@@H]1c1ccc(Br)cc1. The maximum Gasteiger partial charge on any atom is 0.252 e. The van der Waals surface area contributed by atoms with Crippen molar-refractivity contribution in [1.29, 1.82) is 0 Å². The van der Waals surface area contributed by atoms with E-state index in [4.69, 9.17) is 19.6 Å². The van der Waals surface area contributed by atoms with E-state index >= 15 is 0 Å². The number of hydrogen-bond donors (Lipinski definition) is 2. The van der Waals surface area contributed by atoms with Crippen LogP contribution in [0.4, 0.5) is 8.78 Å². The Labute approximate surface area is 251 Å². The molecule has 216 valence electrons. The van der Waals surface area contributed by atoms with Gasteiger partial charge in [0.15, 0.2) is 11.6 Å². The lowest BCUT2D eigenvalue weighted by Gasteiger charge is -2.31. The van der Waals surface area contributed by atoms with Crippen LogP contribution < -0.4 is 10.1 Å². The highest BCUT2D eigenvalue weighted by molar-refractivity contribution is 9.10. The first-order chi connectivity index (χ1) is 20.4. The Morgan fingerprint density at radius 1 is 0.952 bits per heavy atom. The molecule has 6 nitrogen and oxygen atoms in total. The molecule has 0 saturated carbocycles. The molecule has 1 aliphatic heterocycles. The first-order valence-corrected chi connectivity index (χ1v) is 14.3. The zero-order valence-corrected chi connectivity index (χ0v) is 24.2. The van der Waals surface area contributed by atoms with Crippen molar-refractivity contribution in [1.82, 2.24) is 5.32 Å². The Bertz CT molecular complexity index is 1530. The molecule has 0 saturated heterocycles. The highest BCUT2D eigenvalue weighted by atomic mass is 79.9. The number of halogens is 3. The number of aliphatic hydroxyl groups is 1. The van der Waals surface area contributed by atoms with Crippen LogP contribution >= 0.6 is 15.9 Å². The van der Waals surface area contributed by atoms with E-state index in [1.165, 1.54) is 12.1 Å². The predicted molar refractivity (Wildman–Crippen MR) is 159 cm³/mol. The van der Waals surface area contributed by atoms with E-state index in [1.807, 2.05) is 54.6 Å². The Morgan fingerprint density at radius 3 is 2.31 bits per heavy atom. The smallest absolute Gasteiger partial charge is 0.252 e. The molecule has 5 rings (SSSR count). The summed E-state index contributed by atoms with van der Waals surface area (Å²) in [6.45, 7) is 0.330. The molecule has 0 bridgehead atoms. The molecule has 1 heterocycles. The summed E-state index contributed by atoms with van der Waals surface area (Å²) >= 11 is 3.47. The minimum Gasteiger partial charge on any atom is -0.494 e. The molecule has 42 heavy (non-hydrogen) atoms. The fourth-order valence-corrected chi connectivity index (χ4v) is 5.14. The van der Waals surface area contributed by atoms with Crippen LogP contribution in [-0.4, -0.2) is 35.7 Å². The third kappa shape index (κ3) is 6.86. The number of aliphatic imine (C=N–C) groups is 1. The maximum absolute atomic E-state index is 14.2. The fourth-order valence-electron chi connectivity index (χ4n) is 4.88. The molecule has 1 amide bonds. The monoisotopic (exact) mass is 634 g/mol. The first kappa shape index (κ1) is 29.4. The Morgan fingerprint density at radius 2 is 1.64 bits per heavy atom. The Balaban J connectivity index is 1.54. The molecule has 0 unspecified atom stereocenters. The average molecular weight is 636 g/mol. The van der Waals surface area contributed by atoms with Gasteiger partial charge in [-0.15, -0.1) is 0 Å². The third-order valence-corrected chi connectivity index (χ3v) is 7.42. The maximum atomic E-state index is 14.2. The van der Waals surface area contributed by atoms with Gasteiger partial charge in [0.25, 0.3) is 5.91 Å². The standard InChI is InChI=1S/C33H29BrF2N2O4/c34-26-11-7-24(8-12-26)30-33(20-22-5-2-1-3-6-22,32(40)37-21-23-17-27(35)19-28(36)18-23)38-31(42-30)25-9-13-29(14-10-25)41-16-4-15-39/h1-3,5-14,17-19,30,39H,4,15-16,20-21H2,(H,37,40)/t30-,33-/m1/s1. The lowest BCUT2D eigenvalue weighted by molar-refractivity contribution is -0.129. The van der Waals surface area contributed by atoms with Gasteiger partial charge in [0, 0.05) is 42.1 Å². The summed E-state index contributed by atoms with van der Waals surface area (Å²) in [6, 6.07) is 27.3. The summed E-state index contributed by atoms with van der Waals surface area (Å²) in [4.78, 5) is 19.2. The number of hydrogen-bond acceptors (Lipinski definition) is 5. The van der Waals surface area contributed by atoms with Gasteiger partial charge in [-0.2, -0.15) is 0 Å². The minimum absolute atomic E-state index is 0.0416. The number of nitrogens with zero attached hydrogens (tertiary/aromatic N) is 1. The van der Waals surface area contributed by atoms with Crippen LogP contribution in [0.3, 0.4) is 0 Å². The average Bonchev–Trinajstić information content (AvgIpc) is 3.37. The molecular formula is C33H29BrF2N2O4. The van der Waals surface area contributed by atoms with Gasteiger partial charge in [0.05, 0.1) is 6.61 Å². The highest BCUT2D eigenvalue weighted by Gasteiger charge is 2.53. The van der Waals surface area contributed by atoms with Crippen molar-refractivity contribution >= 4 is 27.7 Å². The number of benzene rings is 4.